The Labute approximate surface area is 199 Å². The van der Waals surface area contributed by atoms with Crippen LogP contribution >= 0.6 is 23.1 Å². The van der Waals surface area contributed by atoms with Gasteiger partial charge in [0.25, 0.3) is 0 Å². The molecule has 5 rings (SSSR count). The van der Waals surface area contributed by atoms with E-state index in [4.69, 9.17) is 4.98 Å². The van der Waals surface area contributed by atoms with E-state index in [-0.39, 0.29) is 17.6 Å². The summed E-state index contributed by atoms with van der Waals surface area (Å²) in [4.78, 5) is 31.3. The van der Waals surface area contributed by atoms with Crippen molar-refractivity contribution in [2.24, 2.45) is 0 Å². The summed E-state index contributed by atoms with van der Waals surface area (Å²) >= 11 is 3.14. The number of hydrogen-bond acceptors (Lipinski definition) is 7. The smallest absolute Gasteiger partial charge is 0.234 e. The maximum absolute atomic E-state index is 12.6. The van der Waals surface area contributed by atoms with Crippen molar-refractivity contribution in [1.29, 1.82) is 0 Å². The van der Waals surface area contributed by atoms with E-state index in [9.17, 15) is 9.59 Å². The number of nitrogens with zero attached hydrogens (tertiary/aromatic N) is 4. The molecule has 2 N–H and O–H groups in total. The largest absolute Gasteiger partial charge is 0.326 e. The molecular formula is C23H24N6O2S2. The van der Waals surface area contributed by atoms with Crippen LogP contribution in [0.3, 0.4) is 0 Å². The van der Waals surface area contributed by atoms with Crippen LogP contribution in [0.25, 0.3) is 15.9 Å². The van der Waals surface area contributed by atoms with E-state index < -0.39 is 0 Å². The third-order valence-corrected chi connectivity index (χ3v) is 7.73. The molecule has 0 unspecified atom stereocenters. The molecule has 0 saturated carbocycles. The first-order chi connectivity index (χ1) is 16.0. The number of amides is 2. The van der Waals surface area contributed by atoms with Crippen LogP contribution in [0.4, 0.5) is 11.4 Å². The van der Waals surface area contributed by atoms with Crippen LogP contribution in [0.1, 0.15) is 43.0 Å². The van der Waals surface area contributed by atoms with Crippen LogP contribution in [0, 0.1) is 0 Å². The fraction of sp³-hybridized carbons (Fsp3) is 0.348. The number of thioether (sulfide) groups is 1. The highest BCUT2D eigenvalue weighted by Crippen LogP contribution is 2.38. The maximum Gasteiger partial charge on any atom is 0.234 e. The molecule has 0 atom stereocenters. The van der Waals surface area contributed by atoms with Crippen molar-refractivity contribution in [1.82, 2.24) is 19.6 Å². The summed E-state index contributed by atoms with van der Waals surface area (Å²) in [5.41, 5.74) is 3.49. The van der Waals surface area contributed by atoms with E-state index in [1.807, 2.05) is 4.40 Å². The Kier molecular flexibility index (Phi) is 6.03. The van der Waals surface area contributed by atoms with Gasteiger partial charge in [-0.2, -0.15) is 0 Å². The van der Waals surface area contributed by atoms with Gasteiger partial charge in [-0.05, 0) is 49.4 Å². The predicted molar refractivity (Wildman–Crippen MR) is 132 cm³/mol. The fourth-order valence-corrected chi connectivity index (χ4v) is 6.25. The SMILES string of the molecule is CCc1nc2sc3c(c2c2nnc(SCC(=O)Nc4cccc(NC(C)=O)c4)n12)CCCC3. The number of hydrogen-bond donors (Lipinski definition) is 2. The van der Waals surface area contributed by atoms with Crippen molar-refractivity contribution in [2.45, 2.75) is 51.1 Å². The standard InChI is InChI=1S/C23H24N6O2S2/c1-3-18-26-22-20(16-9-4-5-10-17(16)33-22)21-27-28-23(29(18)21)32-12-19(31)25-15-8-6-7-14(11-15)24-13(2)30/h6-8,11H,3-5,9-10,12H2,1-2H3,(H,24,30)(H,25,31). The summed E-state index contributed by atoms with van der Waals surface area (Å²) in [5, 5.41) is 16.3. The van der Waals surface area contributed by atoms with Crippen LogP contribution in [0.15, 0.2) is 29.4 Å². The summed E-state index contributed by atoms with van der Waals surface area (Å²) in [6.07, 6.45) is 5.35. The van der Waals surface area contributed by atoms with Crippen LogP contribution in [0.5, 0.6) is 0 Å². The van der Waals surface area contributed by atoms with Gasteiger partial charge in [0.15, 0.2) is 10.8 Å². The van der Waals surface area contributed by atoms with E-state index >= 15 is 0 Å². The maximum atomic E-state index is 12.6. The molecule has 3 aromatic heterocycles. The van der Waals surface area contributed by atoms with Crippen LogP contribution in [-0.2, 0) is 28.9 Å². The van der Waals surface area contributed by atoms with Gasteiger partial charge in [-0.25, -0.2) is 4.98 Å². The molecule has 0 aliphatic heterocycles. The zero-order chi connectivity index (χ0) is 22.9. The normalized spacial score (nSPS) is 13.3. The molecule has 33 heavy (non-hydrogen) atoms. The molecule has 0 saturated heterocycles. The number of fused-ring (bicyclic) bond motifs is 5. The minimum absolute atomic E-state index is 0.156. The molecule has 2 amide bonds. The van der Waals surface area contributed by atoms with Gasteiger partial charge in [0, 0.05) is 29.6 Å². The van der Waals surface area contributed by atoms with Crippen molar-refractivity contribution in [2.75, 3.05) is 16.4 Å². The first-order valence-electron chi connectivity index (χ1n) is 11.0. The average Bonchev–Trinajstić information content (AvgIpc) is 3.38. The lowest BCUT2D eigenvalue weighted by Gasteiger charge is -2.11. The Morgan fingerprint density at radius 2 is 1.94 bits per heavy atom. The lowest BCUT2D eigenvalue weighted by atomic mass is 9.97. The Morgan fingerprint density at radius 1 is 1.15 bits per heavy atom. The monoisotopic (exact) mass is 480 g/mol. The first-order valence-corrected chi connectivity index (χ1v) is 12.8. The predicted octanol–water partition coefficient (Wildman–Crippen LogP) is 4.47. The number of thiophene rings is 1. The van der Waals surface area contributed by atoms with Crippen molar-refractivity contribution < 1.29 is 9.59 Å². The van der Waals surface area contributed by atoms with Gasteiger partial charge < -0.3 is 10.6 Å². The molecule has 0 bridgehead atoms. The molecule has 8 nitrogen and oxygen atoms in total. The fourth-order valence-electron chi connectivity index (χ4n) is 4.23. The third kappa shape index (κ3) is 4.32. The minimum Gasteiger partial charge on any atom is -0.326 e. The molecule has 170 valence electrons. The number of carbonyl (C=O) groups is 2. The lowest BCUT2D eigenvalue weighted by Crippen LogP contribution is -2.15. The van der Waals surface area contributed by atoms with Crippen molar-refractivity contribution in [3.63, 3.8) is 0 Å². The van der Waals surface area contributed by atoms with Crippen molar-refractivity contribution in [3.05, 3.63) is 40.5 Å². The van der Waals surface area contributed by atoms with Crippen LogP contribution < -0.4 is 10.6 Å². The highest BCUT2D eigenvalue weighted by molar-refractivity contribution is 7.99. The molecule has 0 radical (unpaired) electrons. The lowest BCUT2D eigenvalue weighted by molar-refractivity contribution is -0.114. The first kappa shape index (κ1) is 21.8. The number of aromatic nitrogens is 4. The zero-order valence-electron chi connectivity index (χ0n) is 18.5. The van der Waals surface area contributed by atoms with E-state index in [2.05, 4.69) is 27.8 Å². The molecular weight excluding hydrogens is 456 g/mol. The van der Waals surface area contributed by atoms with Crippen LogP contribution in [-0.4, -0.2) is 37.1 Å². The van der Waals surface area contributed by atoms with Gasteiger partial charge in [0.1, 0.15) is 10.7 Å². The van der Waals surface area contributed by atoms with Gasteiger partial charge >= 0.3 is 0 Å². The van der Waals surface area contributed by atoms with Gasteiger partial charge in [0.05, 0.1) is 11.1 Å². The number of benzene rings is 1. The summed E-state index contributed by atoms with van der Waals surface area (Å²) in [6.45, 7) is 3.52. The molecule has 1 aliphatic rings. The number of carbonyl (C=O) groups excluding carboxylic acids is 2. The molecule has 0 fully saturated rings. The van der Waals surface area contributed by atoms with Crippen molar-refractivity contribution >= 4 is 62.2 Å². The topological polar surface area (TPSA) is 101 Å². The Bertz CT molecular complexity index is 1380. The molecule has 0 spiro atoms. The number of anilines is 2. The summed E-state index contributed by atoms with van der Waals surface area (Å²) in [6, 6.07) is 7.07. The Balaban J connectivity index is 1.38. The second-order valence-electron chi connectivity index (χ2n) is 8.01. The quantitative estimate of drug-likeness (QED) is 0.395. The molecule has 10 heteroatoms. The van der Waals surface area contributed by atoms with Gasteiger partial charge in [-0.3, -0.25) is 14.0 Å². The van der Waals surface area contributed by atoms with Gasteiger partial charge in [0.2, 0.25) is 11.8 Å². The van der Waals surface area contributed by atoms with E-state index in [1.165, 1.54) is 42.0 Å². The highest BCUT2D eigenvalue weighted by Gasteiger charge is 2.23. The summed E-state index contributed by atoms with van der Waals surface area (Å²) < 4.78 is 2.01. The number of aryl methyl sites for hydroxylation is 3. The van der Waals surface area contributed by atoms with Crippen molar-refractivity contribution in [3.8, 4) is 0 Å². The second kappa shape index (κ2) is 9.11. The molecule has 1 aromatic carbocycles. The van der Waals surface area contributed by atoms with E-state index in [0.717, 1.165) is 41.0 Å². The third-order valence-electron chi connectivity index (χ3n) is 5.61. The zero-order valence-corrected chi connectivity index (χ0v) is 20.1. The molecule has 4 aromatic rings. The van der Waals surface area contributed by atoms with E-state index in [0.29, 0.717) is 16.5 Å². The summed E-state index contributed by atoms with van der Waals surface area (Å²) in [5.74, 6) is 0.784. The Hall–Kier alpha value is -2.98. The van der Waals surface area contributed by atoms with E-state index in [1.54, 1.807) is 35.6 Å². The second-order valence-corrected chi connectivity index (χ2v) is 10.0. The van der Waals surface area contributed by atoms with Gasteiger partial charge in [-0.1, -0.05) is 24.8 Å². The molecule has 1 aliphatic carbocycles. The number of rotatable bonds is 6. The molecule has 3 heterocycles. The van der Waals surface area contributed by atoms with Gasteiger partial charge in [-0.15, -0.1) is 21.5 Å². The highest BCUT2D eigenvalue weighted by atomic mass is 32.2. The van der Waals surface area contributed by atoms with Crippen LogP contribution in [0.2, 0.25) is 0 Å². The number of nitrogens with one attached hydrogen (secondary N) is 2. The minimum atomic E-state index is -0.158. The summed E-state index contributed by atoms with van der Waals surface area (Å²) in [7, 11) is 0. The Morgan fingerprint density at radius 3 is 2.73 bits per heavy atom. The average molecular weight is 481 g/mol.